The third kappa shape index (κ3) is 3.00. The second-order valence-electron chi connectivity index (χ2n) is 3.86. The lowest BCUT2D eigenvalue weighted by Crippen LogP contribution is -2.26. The zero-order valence-electron chi connectivity index (χ0n) is 9.76. The van der Waals surface area contributed by atoms with Gasteiger partial charge in [0.05, 0.1) is 0 Å². The molecule has 1 amide bonds. The van der Waals surface area contributed by atoms with E-state index in [2.05, 4.69) is 4.98 Å². The number of carbonyl (C=O) groups excluding carboxylic acids is 1. The van der Waals surface area contributed by atoms with Crippen molar-refractivity contribution in [2.75, 3.05) is 12.8 Å². The van der Waals surface area contributed by atoms with Gasteiger partial charge in [0.1, 0.15) is 5.69 Å². The fourth-order valence-corrected chi connectivity index (χ4v) is 2.31. The summed E-state index contributed by atoms with van der Waals surface area (Å²) in [7, 11) is 1.72. The zero-order chi connectivity index (χ0) is 13.1. The molecule has 2 rings (SSSR count). The van der Waals surface area contributed by atoms with Crippen LogP contribution >= 0.6 is 22.9 Å². The number of benzene rings is 1. The molecule has 0 aliphatic carbocycles. The maximum atomic E-state index is 12.0. The van der Waals surface area contributed by atoms with Gasteiger partial charge in [-0.3, -0.25) is 4.79 Å². The minimum absolute atomic E-state index is 0.150. The van der Waals surface area contributed by atoms with Crippen molar-refractivity contribution < 1.29 is 4.79 Å². The van der Waals surface area contributed by atoms with Gasteiger partial charge in [0.25, 0.3) is 5.91 Å². The van der Waals surface area contributed by atoms with Crippen LogP contribution in [0, 0.1) is 0 Å². The fourth-order valence-electron chi connectivity index (χ4n) is 1.56. The summed E-state index contributed by atoms with van der Waals surface area (Å²) in [6, 6.07) is 7.41. The molecule has 0 aliphatic rings. The van der Waals surface area contributed by atoms with Crippen LogP contribution < -0.4 is 5.73 Å². The second kappa shape index (κ2) is 5.37. The van der Waals surface area contributed by atoms with E-state index in [1.165, 1.54) is 11.3 Å². The number of carbonyl (C=O) groups is 1. The minimum atomic E-state index is -0.150. The van der Waals surface area contributed by atoms with Crippen LogP contribution in [0.1, 0.15) is 16.1 Å². The SMILES string of the molecule is CN(Cc1cccc(Cl)c1)C(=O)c1csc(N)n1. The predicted octanol–water partition coefficient (Wildman–Crippen LogP) is 2.65. The number of halogens is 1. The molecule has 0 radical (unpaired) electrons. The number of hydrogen-bond donors (Lipinski definition) is 1. The Morgan fingerprint density at radius 3 is 2.94 bits per heavy atom. The molecule has 0 fully saturated rings. The lowest BCUT2D eigenvalue weighted by Gasteiger charge is -2.16. The molecular weight excluding hydrogens is 270 g/mol. The number of nitrogens with two attached hydrogens (primary N) is 1. The van der Waals surface area contributed by atoms with Crippen LogP contribution in [-0.2, 0) is 6.54 Å². The van der Waals surface area contributed by atoms with Gasteiger partial charge in [0, 0.05) is 24.0 Å². The Morgan fingerprint density at radius 1 is 1.56 bits per heavy atom. The molecule has 1 aromatic carbocycles. The van der Waals surface area contributed by atoms with Gasteiger partial charge in [-0.15, -0.1) is 11.3 Å². The highest BCUT2D eigenvalue weighted by Crippen LogP contribution is 2.15. The molecule has 0 bridgehead atoms. The second-order valence-corrected chi connectivity index (χ2v) is 5.19. The first-order chi connectivity index (χ1) is 8.56. The van der Waals surface area contributed by atoms with Crippen molar-refractivity contribution in [3.05, 3.63) is 45.9 Å². The molecule has 0 saturated heterocycles. The Morgan fingerprint density at radius 2 is 2.33 bits per heavy atom. The van der Waals surface area contributed by atoms with E-state index < -0.39 is 0 Å². The van der Waals surface area contributed by atoms with E-state index in [0.29, 0.717) is 22.4 Å². The van der Waals surface area contributed by atoms with E-state index in [0.717, 1.165) is 5.56 Å². The smallest absolute Gasteiger partial charge is 0.273 e. The van der Waals surface area contributed by atoms with Gasteiger partial charge in [0.15, 0.2) is 5.13 Å². The van der Waals surface area contributed by atoms with Crippen LogP contribution in [0.2, 0.25) is 5.02 Å². The molecule has 4 nitrogen and oxygen atoms in total. The monoisotopic (exact) mass is 281 g/mol. The van der Waals surface area contributed by atoms with Crippen LogP contribution in [0.25, 0.3) is 0 Å². The van der Waals surface area contributed by atoms with E-state index in [4.69, 9.17) is 17.3 Å². The summed E-state index contributed by atoms with van der Waals surface area (Å²) in [5, 5.41) is 2.72. The molecule has 1 aromatic heterocycles. The summed E-state index contributed by atoms with van der Waals surface area (Å²) in [5.74, 6) is -0.150. The number of rotatable bonds is 3. The quantitative estimate of drug-likeness (QED) is 0.941. The van der Waals surface area contributed by atoms with Crippen molar-refractivity contribution in [2.24, 2.45) is 0 Å². The predicted molar refractivity (Wildman–Crippen MR) is 73.8 cm³/mol. The summed E-state index contributed by atoms with van der Waals surface area (Å²) in [6.07, 6.45) is 0. The molecule has 2 aromatic rings. The molecule has 0 spiro atoms. The summed E-state index contributed by atoms with van der Waals surface area (Å²) in [5.41, 5.74) is 6.86. The maximum Gasteiger partial charge on any atom is 0.273 e. The third-order valence-electron chi connectivity index (χ3n) is 2.40. The number of aromatic nitrogens is 1. The fraction of sp³-hybridized carbons (Fsp3) is 0.167. The highest BCUT2D eigenvalue weighted by atomic mass is 35.5. The lowest BCUT2D eigenvalue weighted by molar-refractivity contribution is 0.0780. The summed E-state index contributed by atoms with van der Waals surface area (Å²) >= 11 is 7.15. The average Bonchev–Trinajstić information content (AvgIpc) is 2.75. The number of thiazole rings is 1. The number of anilines is 1. The third-order valence-corrected chi connectivity index (χ3v) is 3.31. The molecule has 1 heterocycles. The van der Waals surface area contributed by atoms with E-state index in [1.807, 2.05) is 18.2 Å². The maximum absolute atomic E-state index is 12.0. The minimum Gasteiger partial charge on any atom is -0.375 e. The van der Waals surface area contributed by atoms with Crippen LogP contribution in [0.5, 0.6) is 0 Å². The Labute approximate surface area is 114 Å². The Kier molecular flexibility index (Phi) is 3.84. The first kappa shape index (κ1) is 12.9. The van der Waals surface area contributed by atoms with Crippen LogP contribution in [0.4, 0.5) is 5.13 Å². The largest absolute Gasteiger partial charge is 0.375 e. The van der Waals surface area contributed by atoms with Gasteiger partial charge < -0.3 is 10.6 Å². The van der Waals surface area contributed by atoms with Gasteiger partial charge in [-0.05, 0) is 17.7 Å². The van der Waals surface area contributed by atoms with Gasteiger partial charge >= 0.3 is 0 Å². The molecule has 6 heteroatoms. The van der Waals surface area contributed by atoms with E-state index in [1.54, 1.807) is 23.4 Å². The van der Waals surface area contributed by atoms with Crippen LogP contribution in [0.3, 0.4) is 0 Å². The molecular formula is C12H12ClN3OS. The molecule has 0 saturated carbocycles. The molecule has 0 aliphatic heterocycles. The first-order valence-corrected chi connectivity index (χ1v) is 6.53. The van der Waals surface area contributed by atoms with E-state index in [-0.39, 0.29) is 5.91 Å². The number of nitrogen functional groups attached to an aromatic ring is 1. The van der Waals surface area contributed by atoms with E-state index >= 15 is 0 Å². The number of nitrogens with zero attached hydrogens (tertiary/aromatic N) is 2. The Bertz CT molecular complexity index is 570. The zero-order valence-corrected chi connectivity index (χ0v) is 11.3. The highest BCUT2D eigenvalue weighted by molar-refractivity contribution is 7.13. The van der Waals surface area contributed by atoms with Gasteiger partial charge in [0.2, 0.25) is 0 Å². The van der Waals surface area contributed by atoms with Crippen LogP contribution in [-0.4, -0.2) is 22.8 Å². The Balaban J connectivity index is 2.08. The molecule has 94 valence electrons. The van der Waals surface area contributed by atoms with Gasteiger partial charge in [-0.1, -0.05) is 23.7 Å². The van der Waals surface area contributed by atoms with Crippen molar-refractivity contribution in [1.82, 2.24) is 9.88 Å². The van der Waals surface area contributed by atoms with Crippen molar-refractivity contribution in [3.8, 4) is 0 Å². The standard InChI is InChI=1S/C12H12ClN3OS/c1-16(6-8-3-2-4-9(13)5-8)11(17)10-7-18-12(14)15-10/h2-5,7H,6H2,1H3,(H2,14,15). The van der Waals surface area contributed by atoms with Gasteiger partial charge in [-0.2, -0.15) is 0 Å². The number of amides is 1. The summed E-state index contributed by atoms with van der Waals surface area (Å²) < 4.78 is 0. The molecule has 0 atom stereocenters. The van der Waals surface area contributed by atoms with Crippen molar-refractivity contribution in [2.45, 2.75) is 6.54 Å². The van der Waals surface area contributed by atoms with Crippen molar-refractivity contribution in [1.29, 1.82) is 0 Å². The Hall–Kier alpha value is -1.59. The lowest BCUT2D eigenvalue weighted by atomic mass is 10.2. The number of hydrogen-bond acceptors (Lipinski definition) is 4. The first-order valence-electron chi connectivity index (χ1n) is 5.27. The normalized spacial score (nSPS) is 10.3. The van der Waals surface area contributed by atoms with Crippen molar-refractivity contribution in [3.63, 3.8) is 0 Å². The van der Waals surface area contributed by atoms with Crippen molar-refractivity contribution >= 4 is 34.0 Å². The van der Waals surface area contributed by atoms with E-state index in [9.17, 15) is 4.79 Å². The molecule has 2 N–H and O–H groups in total. The topological polar surface area (TPSA) is 59.2 Å². The van der Waals surface area contributed by atoms with Crippen LogP contribution in [0.15, 0.2) is 29.6 Å². The average molecular weight is 282 g/mol. The highest BCUT2D eigenvalue weighted by Gasteiger charge is 2.15. The summed E-state index contributed by atoms with van der Waals surface area (Å²) in [6.45, 7) is 0.483. The van der Waals surface area contributed by atoms with Gasteiger partial charge in [-0.25, -0.2) is 4.98 Å². The molecule has 18 heavy (non-hydrogen) atoms. The molecule has 0 unspecified atom stereocenters. The summed E-state index contributed by atoms with van der Waals surface area (Å²) in [4.78, 5) is 17.6.